The minimum Gasteiger partial charge on any atom is -0.361 e. The van der Waals surface area contributed by atoms with Crippen LogP contribution in [0.15, 0.2) is 4.52 Å². The summed E-state index contributed by atoms with van der Waals surface area (Å²) in [5.41, 5.74) is 1.32. The van der Waals surface area contributed by atoms with Crippen molar-refractivity contribution in [2.45, 2.75) is 58.4 Å². The molecule has 0 aromatic carbocycles. The van der Waals surface area contributed by atoms with Gasteiger partial charge in [-0.25, -0.2) is 0 Å². The van der Waals surface area contributed by atoms with Crippen molar-refractivity contribution in [1.82, 2.24) is 15.0 Å². The van der Waals surface area contributed by atoms with Crippen LogP contribution < -0.4 is 0 Å². The van der Waals surface area contributed by atoms with E-state index in [2.05, 4.69) is 10.1 Å². The lowest BCUT2D eigenvalue weighted by molar-refractivity contribution is -0.141. The molecule has 3 saturated heterocycles. The quantitative estimate of drug-likeness (QED) is 0.840. The maximum atomic E-state index is 13.1. The summed E-state index contributed by atoms with van der Waals surface area (Å²) in [4.78, 5) is 30.0. The van der Waals surface area contributed by atoms with Crippen LogP contribution in [0.1, 0.15) is 60.8 Å². The lowest BCUT2D eigenvalue weighted by Crippen LogP contribution is -2.50. The number of nitrogens with zero attached hydrogens (tertiary/aromatic N) is 3. The number of rotatable bonds is 4. The first-order valence-corrected chi connectivity index (χ1v) is 9.63. The van der Waals surface area contributed by atoms with Gasteiger partial charge < -0.3 is 14.3 Å². The molecule has 4 aliphatic rings. The Balaban J connectivity index is 1.55. The summed E-state index contributed by atoms with van der Waals surface area (Å²) < 4.78 is 5.24. The number of amides is 2. The number of aromatic nitrogens is 1. The van der Waals surface area contributed by atoms with E-state index in [4.69, 9.17) is 4.52 Å². The van der Waals surface area contributed by atoms with E-state index in [-0.39, 0.29) is 23.8 Å². The highest BCUT2D eigenvalue weighted by Gasteiger charge is 2.43. The highest BCUT2D eigenvalue weighted by molar-refractivity contribution is 5.97. The summed E-state index contributed by atoms with van der Waals surface area (Å²) in [7, 11) is 0. The zero-order chi connectivity index (χ0) is 17.6. The molecule has 1 aliphatic carbocycles. The fourth-order valence-electron chi connectivity index (χ4n) is 4.49. The van der Waals surface area contributed by atoms with Crippen molar-refractivity contribution in [3.63, 3.8) is 0 Å². The van der Waals surface area contributed by atoms with Crippen LogP contribution in [-0.2, 0) is 11.2 Å². The first-order chi connectivity index (χ1) is 12.1. The molecule has 25 heavy (non-hydrogen) atoms. The molecule has 1 aromatic rings. The predicted octanol–water partition coefficient (Wildman–Crippen LogP) is 2.41. The summed E-state index contributed by atoms with van der Waals surface area (Å²) in [5.74, 6) is 1.44. The van der Waals surface area contributed by atoms with Gasteiger partial charge in [-0.3, -0.25) is 9.59 Å². The molecule has 3 aliphatic heterocycles. The Morgan fingerprint density at radius 3 is 2.72 bits per heavy atom. The van der Waals surface area contributed by atoms with Gasteiger partial charge in [-0.05, 0) is 44.9 Å². The summed E-state index contributed by atoms with van der Waals surface area (Å²) in [6.45, 7) is 5.82. The number of fused-ring (bicyclic) bond motifs is 4. The summed E-state index contributed by atoms with van der Waals surface area (Å²) in [5, 5.41) is 4.02. The van der Waals surface area contributed by atoms with Crippen LogP contribution in [0.25, 0.3) is 0 Å². The lowest BCUT2D eigenvalue weighted by Gasteiger charge is -2.40. The average molecular weight is 345 g/mol. The van der Waals surface area contributed by atoms with E-state index in [0.717, 1.165) is 25.1 Å². The molecule has 2 atom stereocenters. The first kappa shape index (κ1) is 16.6. The molecule has 2 bridgehead atoms. The molecular weight excluding hydrogens is 318 g/mol. The topological polar surface area (TPSA) is 66.7 Å². The number of carbonyl (C=O) groups is 2. The van der Waals surface area contributed by atoms with Gasteiger partial charge in [-0.2, -0.15) is 0 Å². The summed E-state index contributed by atoms with van der Waals surface area (Å²) in [6, 6.07) is 0.168. The van der Waals surface area contributed by atoms with Crippen molar-refractivity contribution in [3.05, 3.63) is 17.0 Å². The van der Waals surface area contributed by atoms with E-state index >= 15 is 0 Å². The minimum atomic E-state index is -0.0481. The Hall–Kier alpha value is -1.85. The second-order valence-corrected chi connectivity index (χ2v) is 7.84. The molecule has 4 heterocycles. The highest BCUT2D eigenvalue weighted by atomic mass is 16.5. The third-order valence-electron chi connectivity index (χ3n) is 6.24. The average Bonchev–Trinajstić information content (AvgIpc) is 2.74. The maximum absolute atomic E-state index is 13.1. The van der Waals surface area contributed by atoms with Gasteiger partial charge in [0.25, 0.3) is 5.91 Å². The Morgan fingerprint density at radius 2 is 2.04 bits per heavy atom. The molecule has 136 valence electrons. The fraction of sp³-hybridized carbons (Fsp3) is 0.737. The van der Waals surface area contributed by atoms with Crippen LogP contribution in [-0.4, -0.2) is 52.4 Å². The molecule has 0 spiro atoms. The van der Waals surface area contributed by atoms with E-state index in [0.29, 0.717) is 36.8 Å². The number of hydrogen-bond donors (Lipinski definition) is 0. The third kappa shape index (κ3) is 2.85. The van der Waals surface area contributed by atoms with Gasteiger partial charge in [0.15, 0.2) is 0 Å². The van der Waals surface area contributed by atoms with Crippen molar-refractivity contribution in [2.24, 2.45) is 11.8 Å². The molecule has 1 saturated carbocycles. The summed E-state index contributed by atoms with van der Waals surface area (Å²) >= 11 is 0. The van der Waals surface area contributed by atoms with E-state index in [9.17, 15) is 9.59 Å². The SMILES string of the molecule is CCc1noc(C)c1C(=O)N1C[C@H]2CC[C@@H](C1)N(CC1CCC1)C2=O. The van der Waals surface area contributed by atoms with E-state index < -0.39 is 0 Å². The van der Waals surface area contributed by atoms with Crippen LogP contribution >= 0.6 is 0 Å². The maximum Gasteiger partial charge on any atom is 0.259 e. The van der Waals surface area contributed by atoms with Crippen LogP contribution in [0.3, 0.4) is 0 Å². The largest absolute Gasteiger partial charge is 0.361 e. The zero-order valence-corrected chi connectivity index (χ0v) is 15.2. The number of piperidine rings is 1. The second-order valence-electron chi connectivity index (χ2n) is 7.84. The molecule has 2 amide bonds. The molecule has 6 nitrogen and oxygen atoms in total. The molecule has 1 aromatic heterocycles. The van der Waals surface area contributed by atoms with Crippen molar-refractivity contribution in [1.29, 1.82) is 0 Å². The van der Waals surface area contributed by atoms with Crippen LogP contribution in [0.2, 0.25) is 0 Å². The van der Waals surface area contributed by atoms with Gasteiger partial charge in [-0.15, -0.1) is 0 Å². The third-order valence-corrected chi connectivity index (χ3v) is 6.24. The van der Waals surface area contributed by atoms with Crippen molar-refractivity contribution in [3.8, 4) is 0 Å². The number of aryl methyl sites for hydroxylation is 2. The van der Waals surface area contributed by atoms with Gasteiger partial charge in [0.1, 0.15) is 11.3 Å². The van der Waals surface area contributed by atoms with Gasteiger partial charge >= 0.3 is 0 Å². The molecule has 0 unspecified atom stereocenters. The molecule has 6 heteroatoms. The lowest BCUT2D eigenvalue weighted by atomic mass is 9.83. The summed E-state index contributed by atoms with van der Waals surface area (Å²) in [6.07, 6.45) is 6.35. The second kappa shape index (κ2) is 6.46. The number of hydrogen-bond acceptors (Lipinski definition) is 4. The van der Waals surface area contributed by atoms with E-state index in [1.54, 1.807) is 6.92 Å². The predicted molar refractivity (Wildman–Crippen MR) is 92.1 cm³/mol. The molecule has 0 N–H and O–H groups in total. The molecule has 0 radical (unpaired) electrons. The van der Waals surface area contributed by atoms with Gasteiger partial charge in [0.2, 0.25) is 5.91 Å². The molecular formula is C19H27N3O3. The standard InChI is InChI=1S/C19H27N3O3/c1-3-16-17(12(2)25-20-16)19(24)21-10-14-7-8-15(11-21)22(18(14)23)9-13-5-4-6-13/h13-15H,3-11H2,1-2H3/t14-,15+/m1/s1. The Kier molecular flexibility index (Phi) is 4.29. The Bertz CT molecular complexity index is 679. The van der Waals surface area contributed by atoms with E-state index in [1.807, 2.05) is 11.8 Å². The monoisotopic (exact) mass is 345 g/mol. The first-order valence-electron chi connectivity index (χ1n) is 9.63. The highest BCUT2D eigenvalue weighted by Crippen LogP contribution is 2.34. The van der Waals surface area contributed by atoms with Crippen molar-refractivity contribution in [2.75, 3.05) is 19.6 Å². The number of carbonyl (C=O) groups excluding carboxylic acids is 2. The van der Waals surface area contributed by atoms with Crippen LogP contribution in [0, 0.1) is 18.8 Å². The van der Waals surface area contributed by atoms with Crippen LogP contribution in [0.4, 0.5) is 0 Å². The van der Waals surface area contributed by atoms with Gasteiger partial charge in [0.05, 0.1) is 11.6 Å². The zero-order valence-electron chi connectivity index (χ0n) is 15.2. The van der Waals surface area contributed by atoms with Crippen molar-refractivity contribution >= 4 is 11.8 Å². The Morgan fingerprint density at radius 1 is 1.24 bits per heavy atom. The smallest absolute Gasteiger partial charge is 0.259 e. The van der Waals surface area contributed by atoms with Crippen molar-refractivity contribution < 1.29 is 14.1 Å². The van der Waals surface area contributed by atoms with Gasteiger partial charge in [-0.1, -0.05) is 18.5 Å². The molecule has 5 rings (SSSR count). The van der Waals surface area contributed by atoms with Crippen LogP contribution in [0.5, 0.6) is 0 Å². The Labute approximate surface area is 148 Å². The van der Waals surface area contributed by atoms with E-state index in [1.165, 1.54) is 19.3 Å². The normalized spacial score (nSPS) is 26.7. The molecule has 4 fully saturated rings. The van der Waals surface area contributed by atoms with Gasteiger partial charge in [0, 0.05) is 25.7 Å². The fourth-order valence-corrected chi connectivity index (χ4v) is 4.49. The minimum absolute atomic E-state index is 0.0224.